The van der Waals surface area contributed by atoms with E-state index in [1.807, 2.05) is 47.2 Å². The van der Waals surface area contributed by atoms with Crippen LogP contribution in [0.1, 0.15) is 29.2 Å². The Bertz CT molecular complexity index is 1070. The summed E-state index contributed by atoms with van der Waals surface area (Å²) < 4.78 is 8.41. The zero-order valence-electron chi connectivity index (χ0n) is 17.0. The molecule has 2 aliphatic rings. The van der Waals surface area contributed by atoms with E-state index in [-0.39, 0.29) is 11.8 Å². The summed E-state index contributed by atoms with van der Waals surface area (Å²) in [5, 5.41) is 2.93. The van der Waals surface area contributed by atoms with Gasteiger partial charge in [0.25, 0.3) is 11.8 Å². The number of ether oxygens (including phenoxy) is 1. The number of nitrogens with zero attached hydrogens (tertiary/aromatic N) is 4. The number of rotatable bonds is 3. The molecule has 8 nitrogen and oxygen atoms in total. The van der Waals surface area contributed by atoms with E-state index in [0.29, 0.717) is 38.2 Å². The fourth-order valence-corrected chi connectivity index (χ4v) is 4.34. The highest BCUT2D eigenvalue weighted by atomic mass is 16.5. The average Bonchev–Trinajstić information content (AvgIpc) is 3.30. The van der Waals surface area contributed by atoms with Gasteiger partial charge in [0.2, 0.25) is 0 Å². The van der Waals surface area contributed by atoms with Gasteiger partial charge < -0.3 is 19.5 Å². The molecular formula is C23H23N5O3. The molecule has 1 N–H and O–H groups in total. The lowest BCUT2D eigenvalue weighted by atomic mass is 9.88. The van der Waals surface area contributed by atoms with Crippen molar-refractivity contribution in [2.45, 2.75) is 31.1 Å². The number of amides is 2. The highest BCUT2D eigenvalue weighted by Gasteiger charge is 2.47. The van der Waals surface area contributed by atoms with Crippen molar-refractivity contribution in [2.75, 3.05) is 18.4 Å². The Morgan fingerprint density at radius 1 is 1.00 bits per heavy atom. The highest BCUT2D eigenvalue weighted by Crippen LogP contribution is 2.40. The monoisotopic (exact) mass is 417 g/mol. The summed E-state index contributed by atoms with van der Waals surface area (Å²) in [7, 11) is 0. The van der Waals surface area contributed by atoms with Gasteiger partial charge in [-0.3, -0.25) is 14.6 Å². The molecule has 1 spiro atoms. The van der Waals surface area contributed by atoms with Crippen molar-refractivity contribution < 1.29 is 14.3 Å². The molecule has 2 amide bonds. The number of carbonyl (C=O) groups excluding carboxylic acids is 2. The van der Waals surface area contributed by atoms with E-state index in [2.05, 4.69) is 15.3 Å². The Hall–Kier alpha value is -3.52. The second-order valence-corrected chi connectivity index (χ2v) is 7.87. The second-order valence-electron chi connectivity index (χ2n) is 7.87. The summed E-state index contributed by atoms with van der Waals surface area (Å²) in [5.41, 5.74) is 0.475. The lowest BCUT2D eigenvalue weighted by Gasteiger charge is -2.45. The first-order chi connectivity index (χ1) is 15.1. The maximum absolute atomic E-state index is 12.9. The molecule has 0 saturated carbocycles. The number of piperidine rings is 1. The Morgan fingerprint density at radius 2 is 1.77 bits per heavy atom. The summed E-state index contributed by atoms with van der Waals surface area (Å²) in [5.74, 6) is 0.547. The number of pyridine rings is 1. The third-order valence-electron chi connectivity index (χ3n) is 5.93. The van der Waals surface area contributed by atoms with Crippen LogP contribution in [0, 0.1) is 0 Å². The van der Waals surface area contributed by atoms with Crippen LogP contribution in [0.3, 0.4) is 0 Å². The molecule has 2 aliphatic heterocycles. The van der Waals surface area contributed by atoms with Gasteiger partial charge in [-0.05, 0) is 24.3 Å². The molecule has 2 aromatic heterocycles. The number of nitrogens with one attached hydrogen (secondary N) is 1. The summed E-state index contributed by atoms with van der Waals surface area (Å²) in [6.07, 6.45) is 5.74. The number of imidazole rings is 1. The number of hydrogen-bond acceptors (Lipinski definition) is 5. The third-order valence-corrected chi connectivity index (χ3v) is 5.93. The summed E-state index contributed by atoms with van der Waals surface area (Å²) in [4.78, 5) is 36.2. The Balaban J connectivity index is 1.33. The Kier molecular flexibility index (Phi) is 4.99. The SMILES string of the molecule is O=C(Nc1ccccc1)[C@H]1Cn2ccnc2C2(CCN(C(=O)c3ccccn3)CC2)O1. The van der Waals surface area contributed by atoms with Crippen LogP contribution in [-0.2, 0) is 21.7 Å². The molecule has 0 bridgehead atoms. The van der Waals surface area contributed by atoms with Crippen LogP contribution in [-0.4, -0.2) is 50.4 Å². The van der Waals surface area contributed by atoms with E-state index in [1.54, 1.807) is 29.4 Å². The minimum atomic E-state index is -0.693. The van der Waals surface area contributed by atoms with Gasteiger partial charge in [-0.15, -0.1) is 0 Å². The summed E-state index contributed by atoms with van der Waals surface area (Å²) in [6, 6.07) is 14.7. The molecule has 0 aliphatic carbocycles. The maximum atomic E-state index is 12.9. The second kappa shape index (κ2) is 7.96. The number of aromatic nitrogens is 3. The van der Waals surface area contributed by atoms with Crippen molar-refractivity contribution >= 4 is 17.5 Å². The van der Waals surface area contributed by atoms with Crippen LogP contribution in [0.15, 0.2) is 67.1 Å². The van der Waals surface area contributed by atoms with Crippen molar-refractivity contribution in [1.29, 1.82) is 0 Å². The van der Waals surface area contributed by atoms with Gasteiger partial charge in [-0.25, -0.2) is 4.98 Å². The van der Waals surface area contributed by atoms with Crippen molar-refractivity contribution in [3.05, 3.63) is 78.6 Å². The molecule has 4 heterocycles. The van der Waals surface area contributed by atoms with Gasteiger partial charge >= 0.3 is 0 Å². The molecule has 1 fully saturated rings. The van der Waals surface area contributed by atoms with E-state index in [9.17, 15) is 9.59 Å². The zero-order valence-corrected chi connectivity index (χ0v) is 17.0. The molecule has 8 heteroatoms. The van der Waals surface area contributed by atoms with Gasteiger partial charge in [0.15, 0.2) is 6.10 Å². The number of carbonyl (C=O) groups is 2. The predicted octanol–water partition coefficient (Wildman–Crippen LogP) is 2.45. The van der Waals surface area contributed by atoms with Gasteiger partial charge in [0.1, 0.15) is 17.1 Å². The maximum Gasteiger partial charge on any atom is 0.272 e. The van der Waals surface area contributed by atoms with Crippen LogP contribution in [0.5, 0.6) is 0 Å². The quantitative estimate of drug-likeness (QED) is 0.707. The Morgan fingerprint density at radius 3 is 2.52 bits per heavy atom. The molecule has 0 unspecified atom stereocenters. The first-order valence-corrected chi connectivity index (χ1v) is 10.4. The van der Waals surface area contributed by atoms with E-state index >= 15 is 0 Å². The van der Waals surface area contributed by atoms with E-state index in [4.69, 9.17) is 4.74 Å². The number of likely N-dealkylation sites (tertiary alicyclic amines) is 1. The van der Waals surface area contributed by atoms with Crippen molar-refractivity contribution in [2.24, 2.45) is 0 Å². The van der Waals surface area contributed by atoms with Gasteiger partial charge in [0, 0.05) is 50.2 Å². The fraction of sp³-hybridized carbons (Fsp3) is 0.304. The van der Waals surface area contributed by atoms with Crippen molar-refractivity contribution in [3.8, 4) is 0 Å². The number of fused-ring (bicyclic) bond motifs is 2. The standard InChI is InChI=1S/C23H23N5O3/c29-20(26-17-6-2-1-3-7-17)19-16-28-15-12-25-22(28)23(31-19)9-13-27(14-10-23)21(30)18-8-4-5-11-24-18/h1-8,11-12,15,19H,9-10,13-14,16H2,(H,26,29)/t19-/m1/s1. The molecular weight excluding hydrogens is 394 g/mol. The lowest BCUT2D eigenvalue weighted by Crippen LogP contribution is -2.54. The summed E-state index contributed by atoms with van der Waals surface area (Å²) in [6.45, 7) is 1.43. The minimum absolute atomic E-state index is 0.0898. The van der Waals surface area contributed by atoms with E-state index < -0.39 is 11.7 Å². The Labute approximate surface area is 179 Å². The first-order valence-electron chi connectivity index (χ1n) is 10.4. The first kappa shape index (κ1) is 19.4. The van der Waals surface area contributed by atoms with Crippen LogP contribution >= 0.6 is 0 Å². The molecule has 1 atom stereocenters. The molecule has 158 valence electrons. The smallest absolute Gasteiger partial charge is 0.272 e. The molecule has 1 saturated heterocycles. The zero-order chi connectivity index (χ0) is 21.3. The van der Waals surface area contributed by atoms with Crippen LogP contribution in [0.25, 0.3) is 0 Å². The lowest BCUT2D eigenvalue weighted by molar-refractivity contribution is -0.168. The van der Waals surface area contributed by atoms with Crippen molar-refractivity contribution in [1.82, 2.24) is 19.4 Å². The number of para-hydroxylation sites is 1. The van der Waals surface area contributed by atoms with Crippen molar-refractivity contribution in [3.63, 3.8) is 0 Å². The molecule has 5 rings (SSSR count). The van der Waals surface area contributed by atoms with Gasteiger partial charge in [-0.2, -0.15) is 0 Å². The molecule has 1 aromatic carbocycles. The molecule has 0 radical (unpaired) electrons. The number of benzene rings is 1. The number of anilines is 1. The fourth-order valence-electron chi connectivity index (χ4n) is 4.34. The van der Waals surface area contributed by atoms with Crippen LogP contribution in [0.2, 0.25) is 0 Å². The average molecular weight is 417 g/mol. The minimum Gasteiger partial charge on any atom is -0.352 e. The van der Waals surface area contributed by atoms with E-state index in [0.717, 1.165) is 11.5 Å². The highest BCUT2D eigenvalue weighted by molar-refractivity contribution is 5.94. The van der Waals surface area contributed by atoms with Crippen LogP contribution < -0.4 is 5.32 Å². The topological polar surface area (TPSA) is 89.4 Å². The number of hydrogen-bond donors (Lipinski definition) is 1. The summed E-state index contributed by atoms with van der Waals surface area (Å²) >= 11 is 0. The molecule has 3 aromatic rings. The normalized spacial score (nSPS) is 19.6. The molecule has 31 heavy (non-hydrogen) atoms. The van der Waals surface area contributed by atoms with E-state index in [1.165, 1.54) is 0 Å². The van der Waals surface area contributed by atoms with Crippen LogP contribution in [0.4, 0.5) is 5.69 Å². The van der Waals surface area contributed by atoms with Gasteiger partial charge in [0.05, 0.1) is 6.54 Å². The van der Waals surface area contributed by atoms with Gasteiger partial charge in [-0.1, -0.05) is 24.3 Å². The largest absolute Gasteiger partial charge is 0.352 e. The third kappa shape index (κ3) is 3.70. The predicted molar refractivity (Wildman–Crippen MR) is 113 cm³/mol.